The molecule has 35 heavy (non-hydrogen) atoms. The van der Waals surface area contributed by atoms with E-state index in [9.17, 15) is 18.0 Å². The molecule has 4 heterocycles. The molecule has 1 amide bonds. The van der Waals surface area contributed by atoms with E-state index in [0.29, 0.717) is 26.3 Å². The van der Waals surface area contributed by atoms with Crippen molar-refractivity contribution in [2.45, 2.75) is 81.9 Å². The number of piperazine rings is 1. The third-order valence-corrected chi connectivity index (χ3v) is 8.49. The van der Waals surface area contributed by atoms with E-state index >= 15 is 0 Å². The van der Waals surface area contributed by atoms with Crippen molar-refractivity contribution < 1.29 is 27.4 Å². The summed E-state index contributed by atoms with van der Waals surface area (Å²) in [5, 5.41) is 3.74. The van der Waals surface area contributed by atoms with Gasteiger partial charge in [-0.15, -0.1) is 0 Å². The van der Waals surface area contributed by atoms with Gasteiger partial charge in [0.1, 0.15) is 5.82 Å². The lowest BCUT2D eigenvalue weighted by Crippen LogP contribution is -2.54. The summed E-state index contributed by atoms with van der Waals surface area (Å²) in [5.74, 6) is -0.641. The molecule has 1 aromatic heterocycles. The standard InChI is InChI=1S/C24H34F3N5O3/c1-3-23(7-4-15(11-23)29-18-6-9-35-14-19(18)34-2)22(33)32-13-16-10-17(32)12-31(16)20-5-8-28-21(30-20)24(25,26)27/h5,8,15-19,29H,3-4,6-7,9-14H2,1-2H3/t15-,16-,17+,18+,19-,23+/m1/s1. The van der Waals surface area contributed by atoms with Crippen LogP contribution in [0.4, 0.5) is 19.0 Å². The molecule has 2 bridgehead atoms. The van der Waals surface area contributed by atoms with Gasteiger partial charge >= 0.3 is 6.18 Å². The smallest absolute Gasteiger partial charge is 0.379 e. The van der Waals surface area contributed by atoms with Crippen LogP contribution in [0.1, 0.15) is 51.3 Å². The summed E-state index contributed by atoms with van der Waals surface area (Å²) in [4.78, 5) is 24.9. The number of hydrogen-bond acceptors (Lipinski definition) is 7. The molecule has 3 saturated heterocycles. The molecule has 3 aliphatic heterocycles. The van der Waals surface area contributed by atoms with E-state index in [1.165, 1.54) is 6.07 Å². The zero-order valence-electron chi connectivity index (χ0n) is 20.3. The van der Waals surface area contributed by atoms with Gasteiger partial charge in [-0.25, -0.2) is 9.97 Å². The maximum atomic E-state index is 13.8. The van der Waals surface area contributed by atoms with Crippen molar-refractivity contribution in [2.24, 2.45) is 5.41 Å². The number of likely N-dealkylation sites (tertiary alicyclic amines) is 1. The number of rotatable bonds is 6. The van der Waals surface area contributed by atoms with Crippen LogP contribution in [0.5, 0.6) is 0 Å². The van der Waals surface area contributed by atoms with Gasteiger partial charge in [0.05, 0.1) is 30.2 Å². The Kier molecular flexibility index (Phi) is 6.69. The third kappa shape index (κ3) is 4.62. The summed E-state index contributed by atoms with van der Waals surface area (Å²) in [6.07, 6.45) is 1.63. The van der Waals surface area contributed by atoms with Crippen LogP contribution in [0.15, 0.2) is 12.3 Å². The number of carbonyl (C=O) groups is 1. The molecular weight excluding hydrogens is 463 g/mol. The molecule has 1 saturated carbocycles. The fraction of sp³-hybridized carbons (Fsp3) is 0.792. The van der Waals surface area contributed by atoms with Crippen LogP contribution in [-0.2, 0) is 20.4 Å². The fourth-order valence-electron chi connectivity index (χ4n) is 6.52. The van der Waals surface area contributed by atoms with Gasteiger partial charge in [0, 0.05) is 45.1 Å². The van der Waals surface area contributed by atoms with Gasteiger partial charge in [0.2, 0.25) is 11.7 Å². The molecule has 0 spiro atoms. The Morgan fingerprint density at radius 1 is 1.31 bits per heavy atom. The highest BCUT2D eigenvalue weighted by molar-refractivity contribution is 5.84. The van der Waals surface area contributed by atoms with Crippen molar-refractivity contribution in [1.82, 2.24) is 20.2 Å². The van der Waals surface area contributed by atoms with E-state index in [2.05, 4.69) is 22.2 Å². The summed E-state index contributed by atoms with van der Waals surface area (Å²) >= 11 is 0. The second-order valence-electron chi connectivity index (χ2n) is 10.4. The Labute approximate surface area is 203 Å². The summed E-state index contributed by atoms with van der Waals surface area (Å²) < 4.78 is 50.3. The van der Waals surface area contributed by atoms with Gasteiger partial charge in [-0.2, -0.15) is 13.2 Å². The first-order valence-electron chi connectivity index (χ1n) is 12.6. The SMILES string of the molecule is CC[C@]1(C(=O)N2C[C@H]3C[C@H]2CN3c2ccnc(C(F)(F)F)n2)CC[C@@H](N[C@H]2CCOC[C@H]2OC)C1. The quantitative estimate of drug-likeness (QED) is 0.647. The Balaban J connectivity index is 1.23. The van der Waals surface area contributed by atoms with E-state index in [0.717, 1.165) is 44.7 Å². The molecule has 4 fully saturated rings. The topological polar surface area (TPSA) is 79.8 Å². The highest BCUT2D eigenvalue weighted by atomic mass is 19.4. The van der Waals surface area contributed by atoms with Crippen molar-refractivity contribution in [2.75, 3.05) is 38.3 Å². The molecule has 1 N–H and O–H groups in total. The average Bonchev–Trinajstić information content (AvgIpc) is 3.58. The van der Waals surface area contributed by atoms with Crippen molar-refractivity contribution >= 4 is 11.7 Å². The highest BCUT2D eigenvalue weighted by Crippen LogP contribution is 2.46. The maximum Gasteiger partial charge on any atom is 0.451 e. The van der Waals surface area contributed by atoms with Crippen LogP contribution in [0.2, 0.25) is 0 Å². The van der Waals surface area contributed by atoms with Gasteiger partial charge in [-0.05, 0) is 44.6 Å². The second kappa shape index (κ2) is 9.48. The van der Waals surface area contributed by atoms with Crippen molar-refractivity contribution in [3.8, 4) is 0 Å². The van der Waals surface area contributed by atoms with Gasteiger partial charge in [-0.3, -0.25) is 4.79 Å². The lowest BCUT2D eigenvalue weighted by Gasteiger charge is -2.40. The number of fused-ring (bicyclic) bond motifs is 2. The Morgan fingerprint density at radius 2 is 2.14 bits per heavy atom. The molecule has 194 valence electrons. The van der Waals surface area contributed by atoms with Crippen LogP contribution in [0.3, 0.4) is 0 Å². The summed E-state index contributed by atoms with van der Waals surface area (Å²) in [7, 11) is 1.71. The number of alkyl halides is 3. The molecule has 6 atom stereocenters. The zero-order chi connectivity index (χ0) is 24.8. The number of aromatic nitrogens is 2. The number of ether oxygens (including phenoxy) is 2. The van der Waals surface area contributed by atoms with Crippen molar-refractivity contribution in [1.29, 1.82) is 0 Å². The molecule has 0 aromatic carbocycles. The number of hydrogen-bond donors (Lipinski definition) is 1. The Bertz CT molecular complexity index is 934. The summed E-state index contributed by atoms with van der Waals surface area (Å²) in [6.45, 7) is 4.42. The average molecular weight is 498 g/mol. The van der Waals surface area contributed by atoms with Crippen LogP contribution < -0.4 is 10.2 Å². The number of carbonyl (C=O) groups excluding carboxylic acids is 1. The van der Waals surface area contributed by atoms with Crippen LogP contribution in [0.25, 0.3) is 0 Å². The predicted molar refractivity (Wildman–Crippen MR) is 122 cm³/mol. The molecule has 1 aliphatic carbocycles. The highest BCUT2D eigenvalue weighted by Gasteiger charge is 2.53. The predicted octanol–water partition coefficient (Wildman–Crippen LogP) is 2.63. The van der Waals surface area contributed by atoms with Crippen LogP contribution in [0, 0.1) is 5.41 Å². The molecule has 11 heteroatoms. The van der Waals surface area contributed by atoms with Crippen molar-refractivity contribution in [3.05, 3.63) is 18.1 Å². The van der Waals surface area contributed by atoms with Gasteiger partial charge in [-0.1, -0.05) is 6.92 Å². The van der Waals surface area contributed by atoms with Gasteiger partial charge < -0.3 is 24.6 Å². The number of nitrogens with zero attached hydrogens (tertiary/aromatic N) is 4. The molecule has 4 aliphatic rings. The third-order valence-electron chi connectivity index (χ3n) is 8.49. The minimum atomic E-state index is -4.58. The van der Waals surface area contributed by atoms with E-state index in [1.807, 2.05) is 9.80 Å². The minimum absolute atomic E-state index is 0.000557. The Hall–Kier alpha value is -1.98. The lowest BCUT2D eigenvalue weighted by atomic mass is 9.81. The normalized spacial score (nSPS) is 35.2. The molecule has 8 nitrogen and oxygen atoms in total. The number of anilines is 1. The first-order chi connectivity index (χ1) is 16.7. The molecule has 0 unspecified atom stereocenters. The monoisotopic (exact) mass is 497 g/mol. The summed E-state index contributed by atoms with van der Waals surface area (Å²) in [6, 6.07) is 1.99. The largest absolute Gasteiger partial charge is 0.451 e. The first-order valence-corrected chi connectivity index (χ1v) is 12.6. The van der Waals surface area contributed by atoms with E-state index < -0.39 is 12.0 Å². The summed E-state index contributed by atoms with van der Waals surface area (Å²) in [5.41, 5.74) is -0.390. The molecular formula is C24H34F3N5O3. The first kappa shape index (κ1) is 24.7. The second-order valence-corrected chi connectivity index (χ2v) is 10.4. The van der Waals surface area contributed by atoms with Gasteiger partial charge in [0.15, 0.2) is 0 Å². The fourth-order valence-corrected chi connectivity index (χ4v) is 6.52. The molecule has 0 radical (unpaired) electrons. The van der Waals surface area contributed by atoms with E-state index in [-0.39, 0.29) is 47.4 Å². The number of nitrogens with one attached hydrogen (secondary N) is 1. The number of amides is 1. The lowest BCUT2D eigenvalue weighted by molar-refractivity contribution is -0.145. The van der Waals surface area contributed by atoms with E-state index in [1.54, 1.807) is 7.11 Å². The number of methoxy groups -OCH3 is 1. The van der Waals surface area contributed by atoms with Crippen LogP contribution >= 0.6 is 0 Å². The molecule has 5 rings (SSSR count). The maximum absolute atomic E-state index is 13.8. The molecule has 1 aromatic rings. The van der Waals surface area contributed by atoms with Crippen LogP contribution in [-0.4, -0.2) is 84.5 Å². The van der Waals surface area contributed by atoms with E-state index in [4.69, 9.17) is 9.47 Å². The Morgan fingerprint density at radius 3 is 2.83 bits per heavy atom. The number of halogens is 3. The zero-order valence-corrected chi connectivity index (χ0v) is 20.3. The van der Waals surface area contributed by atoms with Crippen molar-refractivity contribution in [3.63, 3.8) is 0 Å². The minimum Gasteiger partial charge on any atom is -0.379 e. The van der Waals surface area contributed by atoms with Gasteiger partial charge in [0.25, 0.3) is 0 Å².